The van der Waals surface area contributed by atoms with Crippen molar-refractivity contribution in [1.82, 2.24) is 0 Å². The second-order valence-corrected chi connectivity index (χ2v) is 5.95. The molecule has 0 saturated carbocycles. The van der Waals surface area contributed by atoms with Crippen molar-refractivity contribution in [2.45, 2.75) is 6.54 Å². The van der Waals surface area contributed by atoms with Gasteiger partial charge in [-0.3, -0.25) is 0 Å². The van der Waals surface area contributed by atoms with Gasteiger partial charge in [-0.25, -0.2) is 0 Å². The number of fused-ring (bicyclic) bond motifs is 1. The Morgan fingerprint density at radius 2 is 2.22 bits per heavy atom. The minimum atomic E-state index is -0.00295. The minimum absolute atomic E-state index is 0.00295. The maximum absolute atomic E-state index is 8.78. The van der Waals surface area contributed by atoms with E-state index in [4.69, 9.17) is 5.26 Å². The summed E-state index contributed by atoms with van der Waals surface area (Å²) in [5.41, 5.74) is 2.96. The van der Waals surface area contributed by atoms with Crippen LogP contribution < -0.4 is 5.32 Å². The number of thiophene rings is 1. The summed E-state index contributed by atoms with van der Waals surface area (Å²) in [4.78, 5) is 1.89. The molecule has 0 saturated heterocycles. The van der Waals surface area contributed by atoms with Crippen molar-refractivity contribution in [2.24, 2.45) is 7.92 Å². The fourth-order valence-electron chi connectivity index (χ4n) is 1.66. The van der Waals surface area contributed by atoms with E-state index in [9.17, 15) is 0 Å². The van der Waals surface area contributed by atoms with Crippen LogP contribution in [-0.4, -0.2) is 14.6 Å². The molecule has 2 heterocycles. The Morgan fingerprint density at radius 1 is 1.28 bits per heavy atom. The Hall–Kier alpha value is -1.67. The molecular weight excluding hydrogens is 311 g/mol. The third-order valence-corrected chi connectivity index (χ3v) is 4.64. The number of hydrogen-bond acceptors (Lipinski definition) is 5. The zero-order valence-electron chi connectivity index (χ0n) is 9.25. The van der Waals surface area contributed by atoms with Gasteiger partial charge in [-0.1, -0.05) is 0 Å². The van der Waals surface area contributed by atoms with E-state index in [2.05, 4.69) is 19.3 Å². The molecule has 1 aliphatic rings. The molecule has 1 N–H and O–H groups in total. The molecule has 6 heteroatoms. The summed E-state index contributed by atoms with van der Waals surface area (Å²) in [5, 5.41) is 12.1. The number of hydrogen-bond donors (Lipinski definition) is 1. The summed E-state index contributed by atoms with van der Waals surface area (Å²) in [6, 6.07) is 11.9. The Labute approximate surface area is 114 Å². The second kappa shape index (κ2) is 4.91. The van der Waals surface area contributed by atoms with E-state index in [1.807, 2.05) is 30.3 Å². The summed E-state index contributed by atoms with van der Waals surface area (Å²) in [5.74, 6) is 0. The Balaban J connectivity index is 1.77. The van der Waals surface area contributed by atoms with Gasteiger partial charge < -0.3 is 0 Å². The number of anilines is 1. The van der Waals surface area contributed by atoms with E-state index in [0.717, 1.165) is 26.8 Å². The first-order valence-corrected chi connectivity index (χ1v) is 7.65. The normalized spacial score (nSPS) is 11.7. The quantitative estimate of drug-likeness (QED) is 0.750. The van der Waals surface area contributed by atoms with Crippen LogP contribution in [0, 0.1) is 11.3 Å². The van der Waals surface area contributed by atoms with Crippen LogP contribution in [0.2, 0.25) is 0 Å². The Kier molecular flexibility index (Phi) is 3.11. The third kappa shape index (κ3) is 2.16. The number of rotatable bonds is 3. The molecule has 4 nitrogen and oxygen atoms in total. The first-order chi connectivity index (χ1) is 8.86. The van der Waals surface area contributed by atoms with Crippen molar-refractivity contribution in [1.29, 1.82) is 5.26 Å². The first kappa shape index (κ1) is 11.4. The fourth-order valence-corrected chi connectivity index (χ4v) is 3.56. The van der Waals surface area contributed by atoms with Gasteiger partial charge in [-0.2, -0.15) is 0 Å². The van der Waals surface area contributed by atoms with E-state index in [-0.39, 0.29) is 14.6 Å². The molecular formula is C12H8N4SSe. The first-order valence-electron chi connectivity index (χ1n) is 5.31. The molecule has 0 spiro atoms. The van der Waals surface area contributed by atoms with Crippen LogP contribution >= 0.6 is 11.3 Å². The molecule has 0 atom stereocenters. The monoisotopic (exact) mass is 320 g/mol. The molecule has 18 heavy (non-hydrogen) atoms. The molecule has 1 aromatic carbocycles. The predicted molar refractivity (Wildman–Crippen MR) is 72.7 cm³/mol. The Bertz CT molecular complexity index is 707. The van der Waals surface area contributed by atoms with Crippen LogP contribution in [0.25, 0.3) is 0 Å². The predicted octanol–water partition coefficient (Wildman–Crippen LogP) is 3.58. The van der Waals surface area contributed by atoms with Crippen LogP contribution in [0.5, 0.6) is 0 Å². The van der Waals surface area contributed by atoms with Gasteiger partial charge in [0, 0.05) is 0 Å². The molecule has 0 aliphatic carbocycles. The summed E-state index contributed by atoms with van der Waals surface area (Å²) < 4.78 is 8.76. The van der Waals surface area contributed by atoms with Crippen molar-refractivity contribution in [3.05, 3.63) is 40.1 Å². The van der Waals surface area contributed by atoms with Crippen LogP contribution in [0.4, 0.5) is 17.1 Å². The SMILES string of the molecule is N#Cc1ccc(CNc2cccc3c2N=[Se]=N3)s1. The van der Waals surface area contributed by atoms with Crippen molar-refractivity contribution in [3.8, 4) is 6.07 Å². The van der Waals surface area contributed by atoms with Crippen molar-refractivity contribution in [2.75, 3.05) is 5.32 Å². The standard InChI is InChI=1S/C12H8N4SSe/c13-6-8-4-5-9(17-8)7-14-10-2-1-3-11-12(10)16-18-15-11/h1-5,14H,7H2. The summed E-state index contributed by atoms with van der Waals surface area (Å²) in [7, 11) is 0. The number of nitrogens with one attached hydrogen (secondary N) is 1. The Morgan fingerprint density at radius 3 is 3.06 bits per heavy atom. The van der Waals surface area contributed by atoms with Gasteiger partial charge in [0.1, 0.15) is 0 Å². The average Bonchev–Trinajstić information content (AvgIpc) is 3.05. The zero-order chi connectivity index (χ0) is 12.4. The van der Waals surface area contributed by atoms with Crippen LogP contribution in [0.1, 0.15) is 9.75 Å². The van der Waals surface area contributed by atoms with Gasteiger partial charge in [0.15, 0.2) is 0 Å². The number of nitriles is 1. The molecule has 3 rings (SSSR count). The van der Waals surface area contributed by atoms with Crippen LogP contribution in [0.3, 0.4) is 0 Å². The van der Waals surface area contributed by atoms with Crippen molar-refractivity contribution < 1.29 is 0 Å². The van der Waals surface area contributed by atoms with E-state index in [0.29, 0.717) is 6.54 Å². The molecule has 1 aromatic heterocycles. The summed E-state index contributed by atoms with van der Waals surface area (Å²) in [6.07, 6.45) is 0. The van der Waals surface area contributed by atoms with Crippen LogP contribution in [0.15, 0.2) is 38.3 Å². The zero-order valence-corrected chi connectivity index (χ0v) is 11.8. The number of nitrogens with zero attached hydrogens (tertiary/aromatic N) is 3. The summed E-state index contributed by atoms with van der Waals surface area (Å²) in [6.45, 7) is 0.714. The average molecular weight is 319 g/mol. The molecule has 0 radical (unpaired) electrons. The van der Waals surface area contributed by atoms with Gasteiger partial charge in [0.05, 0.1) is 0 Å². The van der Waals surface area contributed by atoms with Crippen LogP contribution in [-0.2, 0) is 6.54 Å². The van der Waals surface area contributed by atoms with Gasteiger partial charge >= 0.3 is 114 Å². The molecule has 2 aromatic rings. The van der Waals surface area contributed by atoms with E-state index in [1.165, 1.54) is 11.3 Å². The van der Waals surface area contributed by atoms with Crippen molar-refractivity contribution in [3.63, 3.8) is 0 Å². The topological polar surface area (TPSA) is 60.5 Å². The van der Waals surface area contributed by atoms with E-state index >= 15 is 0 Å². The maximum atomic E-state index is 8.78. The molecule has 0 amide bonds. The number of benzene rings is 1. The van der Waals surface area contributed by atoms with Gasteiger partial charge in [-0.15, -0.1) is 0 Å². The molecule has 88 valence electrons. The summed E-state index contributed by atoms with van der Waals surface area (Å²) >= 11 is 1.51. The van der Waals surface area contributed by atoms with Gasteiger partial charge in [0.2, 0.25) is 0 Å². The van der Waals surface area contributed by atoms with Crippen molar-refractivity contribution >= 4 is 43.0 Å². The van der Waals surface area contributed by atoms with E-state index in [1.54, 1.807) is 0 Å². The molecule has 0 unspecified atom stereocenters. The van der Waals surface area contributed by atoms with E-state index < -0.39 is 0 Å². The third-order valence-electron chi connectivity index (χ3n) is 2.51. The van der Waals surface area contributed by atoms with Gasteiger partial charge in [0.25, 0.3) is 0 Å². The molecule has 0 fully saturated rings. The molecule has 1 aliphatic heterocycles. The molecule has 0 bridgehead atoms. The second-order valence-electron chi connectivity index (χ2n) is 3.67. The fraction of sp³-hybridized carbons (Fsp3) is 0.0833. The van der Waals surface area contributed by atoms with Gasteiger partial charge in [-0.05, 0) is 0 Å².